The van der Waals surface area contributed by atoms with Crippen LogP contribution in [0.3, 0.4) is 0 Å². The lowest BCUT2D eigenvalue weighted by atomic mass is 9.46. The highest BCUT2D eigenvalue weighted by Gasteiger charge is 2.65. The van der Waals surface area contributed by atoms with Crippen molar-refractivity contribution >= 4 is 17.4 Å². The summed E-state index contributed by atoms with van der Waals surface area (Å²) in [6, 6.07) is 4.61. The third-order valence-electron chi connectivity index (χ3n) is 10.9. The van der Waals surface area contributed by atoms with E-state index in [1.807, 2.05) is 0 Å². The topological polar surface area (TPSA) is 128 Å². The Kier molecular flexibility index (Phi) is 7.29. The molecule has 39 heavy (non-hydrogen) atoms. The molecule has 8 heteroatoms. The smallest absolute Gasteiger partial charge is 0.260 e. The summed E-state index contributed by atoms with van der Waals surface area (Å²) in [6.07, 6.45) is 10.0. The van der Waals surface area contributed by atoms with Crippen LogP contribution >= 0.6 is 0 Å². The lowest BCUT2D eigenvalue weighted by Crippen LogP contribution is -2.57. The van der Waals surface area contributed by atoms with E-state index in [1.165, 1.54) is 17.7 Å². The van der Waals surface area contributed by atoms with Crippen molar-refractivity contribution in [3.63, 3.8) is 0 Å². The van der Waals surface area contributed by atoms with Gasteiger partial charge in [-0.25, -0.2) is 0 Å². The van der Waals surface area contributed by atoms with Gasteiger partial charge in [0, 0.05) is 12.0 Å². The first-order valence-corrected chi connectivity index (χ1v) is 14.4. The lowest BCUT2D eigenvalue weighted by molar-refractivity contribution is -0.159. The van der Waals surface area contributed by atoms with Gasteiger partial charge in [-0.15, -0.1) is 0 Å². The van der Waals surface area contributed by atoms with E-state index in [1.54, 1.807) is 13.0 Å². The molecule has 4 aliphatic rings. The van der Waals surface area contributed by atoms with E-state index in [0.717, 1.165) is 56.2 Å². The Morgan fingerprint density at radius 2 is 1.82 bits per heavy atom. The largest absolute Gasteiger partial charge is 0.504 e. The average Bonchev–Trinajstić information content (AvgIpc) is 3.18. The molecule has 0 aliphatic heterocycles. The minimum atomic E-state index is -1.18. The van der Waals surface area contributed by atoms with Gasteiger partial charge in [-0.3, -0.25) is 9.59 Å². The van der Waals surface area contributed by atoms with Gasteiger partial charge in [-0.05, 0) is 112 Å². The van der Waals surface area contributed by atoms with Gasteiger partial charge in [-0.2, -0.15) is 0 Å². The molecule has 3 fully saturated rings. The lowest BCUT2D eigenvalue weighted by Gasteiger charge is -2.59. The van der Waals surface area contributed by atoms with Crippen molar-refractivity contribution in [1.82, 2.24) is 5.32 Å². The molecule has 0 radical (unpaired) electrons. The second-order valence-electron chi connectivity index (χ2n) is 12.7. The van der Waals surface area contributed by atoms with Crippen LogP contribution in [-0.4, -0.2) is 51.5 Å². The molecule has 0 aromatic heterocycles. The van der Waals surface area contributed by atoms with Gasteiger partial charge in [-0.1, -0.05) is 30.6 Å². The molecule has 3 saturated carbocycles. The number of aromatic hydroxyl groups is 2. The summed E-state index contributed by atoms with van der Waals surface area (Å²) in [4.78, 5) is 30.0. The first-order chi connectivity index (χ1) is 18.5. The number of hydrogen-bond donors (Lipinski definition) is 4. The zero-order valence-corrected chi connectivity index (χ0v) is 23.3. The Hall–Kier alpha value is -2.87. The molecular formula is C31H42N2O6. The van der Waals surface area contributed by atoms with Crippen LogP contribution in [-0.2, 0) is 20.8 Å². The summed E-state index contributed by atoms with van der Waals surface area (Å²) in [6.45, 7) is 6.34. The summed E-state index contributed by atoms with van der Waals surface area (Å²) < 4.78 is 0. The average molecular weight is 539 g/mol. The van der Waals surface area contributed by atoms with Crippen LogP contribution in [0.1, 0.15) is 77.7 Å². The van der Waals surface area contributed by atoms with Gasteiger partial charge < -0.3 is 25.5 Å². The van der Waals surface area contributed by atoms with E-state index < -0.39 is 5.60 Å². The van der Waals surface area contributed by atoms with Gasteiger partial charge >= 0.3 is 0 Å². The van der Waals surface area contributed by atoms with Crippen molar-refractivity contribution < 1.29 is 29.7 Å². The maximum atomic E-state index is 12.5. The molecule has 6 atom stereocenters. The monoisotopic (exact) mass is 538 g/mol. The molecular weight excluding hydrogens is 496 g/mol. The summed E-state index contributed by atoms with van der Waals surface area (Å²) in [5.74, 6) is 0.795. The first-order valence-electron chi connectivity index (χ1n) is 14.4. The Labute approximate surface area is 230 Å². The SMILES string of the molecule is CC(=O)[C@@]1(O)CC[C@H]2[C@@H]3CCC4=C/C(=N/OCC(=O)NCCc5ccc(O)c(O)c5)CC[C@]4(C)[C@H]3CC[C@@]21C. The fourth-order valence-electron chi connectivity index (χ4n) is 8.53. The number of phenolic OH excluding ortho intramolecular Hbond substituents is 2. The summed E-state index contributed by atoms with van der Waals surface area (Å²) in [7, 11) is 0. The molecule has 8 nitrogen and oxygen atoms in total. The molecule has 5 rings (SSSR count). The number of nitrogens with one attached hydrogen (secondary N) is 1. The molecule has 1 aromatic rings. The van der Waals surface area contributed by atoms with Crippen LogP contribution in [0.15, 0.2) is 35.0 Å². The highest BCUT2D eigenvalue weighted by molar-refractivity contribution is 5.96. The van der Waals surface area contributed by atoms with Gasteiger partial charge in [0.1, 0.15) is 5.60 Å². The standard InChI is InChI=1S/C31H42N2O6/c1-19(34)31(38)14-10-25-23-6-5-21-17-22(8-12-29(21,2)24(23)9-13-30(25,31)3)33-39-18-28(37)32-15-11-20-4-7-26(35)27(36)16-20/h4,7,16-17,23-25,35-36,38H,5-6,8-15,18H2,1-3H3,(H,32,37)/b33-22+/t23-,24+,25+,29+,30+,31+/m1/s1. The number of nitrogens with zero attached hydrogens (tertiary/aromatic N) is 1. The third-order valence-corrected chi connectivity index (χ3v) is 10.9. The quantitative estimate of drug-likeness (QED) is 0.301. The van der Waals surface area contributed by atoms with Crippen LogP contribution in [0.25, 0.3) is 0 Å². The highest BCUT2D eigenvalue weighted by atomic mass is 16.6. The number of hydrogen-bond acceptors (Lipinski definition) is 7. The molecule has 0 spiro atoms. The van der Waals surface area contributed by atoms with Gasteiger partial charge in [0.05, 0.1) is 5.71 Å². The maximum absolute atomic E-state index is 12.5. The van der Waals surface area contributed by atoms with Crippen molar-refractivity contribution in [2.45, 2.75) is 84.2 Å². The Morgan fingerprint density at radius 1 is 1.05 bits per heavy atom. The number of oxime groups is 1. The number of aliphatic hydroxyl groups is 1. The van der Waals surface area contributed by atoms with E-state index in [-0.39, 0.29) is 40.6 Å². The first kappa shape index (κ1) is 27.7. The van der Waals surface area contributed by atoms with Crippen LogP contribution in [0.5, 0.6) is 11.5 Å². The number of Topliss-reactive ketones (excluding diaryl/α,β-unsaturated/α-hetero) is 1. The van der Waals surface area contributed by atoms with Gasteiger partial charge in [0.25, 0.3) is 5.91 Å². The van der Waals surface area contributed by atoms with Crippen molar-refractivity contribution in [2.75, 3.05) is 13.2 Å². The molecule has 0 bridgehead atoms. The van der Waals surface area contributed by atoms with E-state index >= 15 is 0 Å². The molecule has 1 aromatic carbocycles. The molecule has 1 amide bonds. The van der Waals surface area contributed by atoms with E-state index in [2.05, 4.69) is 30.4 Å². The molecule has 4 aliphatic carbocycles. The number of phenols is 2. The predicted molar refractivity (Wildman–Crippen MR) is 147 cm³/mol. The van der Waals surface area contributed by atoms with Gasteiger partial charge in [0.2, 0.25) is 0 Å². The Balaban J connectivity index is 1.16. The highest BCUT2D eigenvalue weighted by Crippen LogP contribution is 2.67. The summed E-state index contributed by atoms with van der Waals surface area (Å²) in [5.41, 5.74) is 1.70. The molecule has 212 valence electrons. The zero-order chi connectivity index (χ0) is 28.0. The molecule has 0 heterocycles. The van der Waals surface area contributed by atoms with Crippen LogP contribution in [0, 0.1) is 28.6 Å². The van der Waals surface area contributed by atoms with Crippen molar-refractivity contribution in [3.8, 4) is 11.5 Å². The number of amides is 1. The van der Waals surface area contributed by atoms with E-state index in [0.29, 0.717) is 37.1 Å². The summed E-state index contributed by atoms with van der Waals surface area (Å²) in [5, 5.41) is 37.4. The second kappa shape index (κ2) is 10.3. The van der Waals surface area contributed by atoms with Crippen molar-refractivity contribution in [3.05, 3.63) is 35.4 Å². The van der Waals surface area contributed by atoms with Crippen LogP contribution < -0.4 is 5.32 Å². The number of carbonyl (C=O) groups excluding carboxylic acids is 2. The minimum absolute atomic E-state index is 0.0709. The number of rotatable bonds is 7. The zero-order valence-electron chi connectivity index (χ0n) is 23.3. The minimum Gasteiger partial charge on any atom is -0.504 e. The van der Waals surface area contributed by atoms with Crippen LogP contribution in [0.2, 0.25) is 0 Å². The predicted octanol–water partition coefficient (Wildman–Crippen LogP) is 4.41. The number of benzene rings is 1. The fraction of sp³-hybridized carbons (Fsp3) is 0.645. The number of ketones is 1. The number of allylic oxidation sites excluding steroid dienone is 2. The Bertz CT molecular complexity index is 1210. The van der Waals surface area contributed by atoms with Crippen LogP contribution in [0.4, 0.5) is 0 Å². The molecule has 0 unspecified atom stereocenters. The second-order valence-corrected chi connectivity index (χ2v) is 12.7. The summed E-state index contributed by atoms with van der Waals surface area (Å²) >= 11 is 0. The van der Waals surface area contributed by atoms with Gasteiger partial charge in [0.15, 0.2) is 23.9 Å². The molecule has 0 saturated heterocycles. The normalized spacial score (nSPS) is 36.4. The third kappa shape index (κ3) is 4.75. The Morgan fingerprint density at radius 3 is 2.56 bits per heavy atom. The van der Waals surface area contributed by atoms with Crippen molar-refractivity contribution in [2.24, 2.45) is 33.7 Å². The van der Waals surface area contributed by atoms with Crippen molar-refractivity contribution in [1.29, 1.82) is 0 Å². The van der Waals surface area contributed by atoms with E-state index in [9.17, 15) is 24.9 Å². The molecule has 4 N–H and O–H groups in total. The van der Waals surface area contributed by atoms with E-state index in [4.69, 9.17) is 4.84 Å². The maximum Gasteiger partial charge on any atom is 0.260 e. The number of carbonyl (C=O) groups is 2. The fourth-order valence-corrected chi connectivity index (χ4v) is 8.53. The number of fused-ring (bicyclic) bond motifs is 5.